The van der Waals surface area contributed by atoms with Crippen LogP contribution in [0.2, 0.25) is 10.3 Å². The molecule has 0 amide bonds. The van der Waals surface area contributed by atoms with E-state index in [2.05, 4.69) is 9.97 Å². The molecule has 0 aliphatic carbocycles. The first-order chi connectivity index (χ1) is 10.1. The van der Waals surface area contributed by atoms with Gasteiger partial charge in [0.05, 0.1) is 10.8 Å². The van der Waals surface area contributed by atoms with E-state index in [1.807, 2.05) is 54.7 Å². The monoisotopic (exact) mass is 356 g/mol. The normalized spacial score (nSPS) is 18.7. The van der Waals surface area contributed by atoms with Crippen LogP contribution < -0.4 is 0 Å². The standard InChI is InChI=1S/C15H14Cl2N2S2/c1-9-3-2-4-10(7-9)12-13(16)18-15(19-14(12)17)11-8-20-5-6-21-11/h2-4,7,11H,5-6,8H2,1H3. The zero-order valence-electron chi connectivity index (χ0n) is 11.5. The minimum Gasteiger partial charge on any atom is -0.219 e. The highest BCUT2D eigenvalue weighted by Gasteiger charge is 2.22. The topological polar surface area (TPSA) is 25.8 Å². The fourth-order valence-corrected chi connectivity index (χ4v) is 5.46. The summed E-state index contributed by atoms with van der Waals surface area (Å²) in [4.78, 5) is 9.00. The van der Waals surface area contributed by atoms with E-state index in [1.165, 1.54) is 5.75 Å². The van der Waals surface area contributed by atoms with Crippen LogP contribution in [0.4, 0.5) is 0 Å². The molecular weight excluding hydrogens is 343 g/mol. The first-order valence-corrected chi connectivity index (χ1v) is 9.60. The Hall–Kier alpha value is -0.420. The van der Waals surface area contributed by atoms with Crippen molar-refractivity contribution >= 4 is 46.7 Å². The van der Waals surface area contributed by atoms with Gasteiger partial charge in [0.1, 0.15) is 16.1 Å². The number of rotatable bonds is 2. The van der Waals surface area contributed by atoms with Crippen LogP contribution >= 0.6 is 46.7 Å². The molecule has 0 radical (unpaired) electrons. The van der Waals surface area contributed by atoms with Crippen molar-refractivity contribution in [1.82, 2.24) is 9.97 Å². The predicted molar refractivity (Wildman–Crippen MR) is 94.7 cm³/mol. The molecule has 2 aromatic rings. The largest absolute Gasteiger partial charge is 0.219 e. The SMILES string of the molecule is Cc1cccc(-c2c(Cl)nc(C3CSCCS3)nc2Cl)c1. The molecule has 1 aromatic carbocycles. The van der Waals surface area contributed by atoms with E-state index in [4.69, 9.17) is 23.2 Å². The average molecular weight is 357 g/mol. The summed E-state index contributed by atoms with van der Waals surface area (Å²) in [7, 11) is 0. The summed E-state index contributed by atoms with van der Waals surface area (Å²) in [5, 5.41) is 1.16. The minimum atomic E-state index is 0.283. The second-order valence-corrected chi connectivity index (χ2v) is 8.02. The second-order valence-electron chi connectivity index (χ2n) is 4.84. The van der Waals surface area contributed by atoms with Crippen LogP contribution in [0.25, 0.3) is 11.1 Å². The molecule has 1 unspecified atom stereocenters. The maximum absolute atomic E-state index is 6.39. The smallest absolute Gasteiger partial charge is 0.145 e. The van der Waals surface area contributed by atoms with E-state index >= 15 is 0 Å². The first kappa shape index (κ1) is 15.5. The lowest BCUT2D eigenvalue weighted by molar-refractivity contribution is 0.925. The molecule has 0 N–H and O–H groups in total. The summed E-state index contributed by atoms with van der Waals surface area (Å²) in [6, 6.07) is 8.05. The van der Waals surface area contributed by atoms with Crippen molar-refractivity contribution in [2.24, 2.45) is 0 Å². The Bertz CT molecular complexity index is 635. The maximum Gasteiger partial charge on any atom is 0.145 e. The fourth-order valence-electron chi connectivity index (χ4n) is 2.24. The van der Waals surface area contributed by atoms with Gasteiger partial charge in [0.2, 0.25) is 0 Å². The van der Waals surface area contributed by atoms with Gasteiger partial charge in [0.25, 0.3) is 0 Å². The van der Waals surface area contributed by atoms with E-state index in [-0.39, 0.29) is 5.25 Å². The van der Waals surface area contributed by atoms with E-state index in [9.17, 15) is 0 Å². The maximum atomic E-state index is 6.39. The van der Waals surface area contributed by atoms with Crippen molar-refractivity contribution in [3.63, 3.8) is 0 Å². The van der Waals surface area contributed by atoms with Crippen LogP contribution in [0.5, 0.6) is 0 Å². The molecule has 1 aliphatic heterocycles. The number of hydrogen-bond acceptors (Lipinski definition) is 4. The highest BCUT2D eigenvalue weighted by Crippen LogP contribution is 2.39. The molecule has 6 heteroatoms. The van der Waals surface area contributed by atoms with Crippen molar-refractivity contribution < 1.29 is 0 Å². The molecule has 2 nitrogen and oxygen atoms in total. The summed E-state index contributed by atoms with van der Waals surface area (Å²) < 4.78 is 0. The van der Waals surface area contributed by atoms with Crippen molar-refractivity contribution in [2.75, 3.05) is 17.3 Å². The number of hydrogen-bond donors (Lipinski definition) is 0. The molecule has 1 aromatic heterocycles. The molecule has 0 saturated carbocycles. The number of aromatic nitrogens is 2. The number of aryl methyl sites for hydroxylation is 1. The zero-order valence-corrected chi connectivity index (χ0v) is 14.6. The number of benzene rings is 1. The molecular formula is C15H14Cl2N2S2. The Morgan fingerprint density at radius 3 is 2.52 bits per heavy atom. The molecule has 1 fully saturated rings. The Labute approximate surface area is 143 Å². The summed E-state index contributed by atoms with van der Waals surface area (Å²) in [6.07, 6.45) is 0. The summed E-state index contributed by atoms with van der Waals surface area (Å²) in [5.41, 5.74) is 2.84. The van der Waals surface area contributed by atoms with E-state index < -0.39 is 0 Å². The van der Waals surface area contributed by atoms with Crippen LogP contribution in [0.15, 0.2) is 24.3 Å². The van der Waals surface area contributed by atoms with Crippen LogP contribution in [-0.2, 0) is 0 Å². The van der Waals surface area contributed by atoms with Gasteiger partial charge in [-0.3, -0.25) is 0 Å². The van der Waals surface area contributed by atoms with Gasteiger partial charge in [-0.1, -0.05) is 53.0 Å². The minimum absolute atomic E-state index is 0.283. The van der Waals surface area contributed by atoms with E-state index in [0.717, 1.165) is 34.0 Å². The summed E-state index contributed by atoms with van der Waals surface area (Å²) >= 11 is 16.6. The number of nitrogens with zero attached hydrogens (tertiary/aromatic N) is 2. The van der Waals surface area contributed by atoms with Gasteiger partial charge in [0, 0.05) is 17.3 Å². The summed E-state index contributed by atoms with van der Waals surface area (Å²) in [5.74, 6) is 4.07. The van der Waals surface area contributed by atoms with Crippen LogP contribution in [0, 0.1) is 6.92 Å². The molecule has 0 bridgehead atoms. The third-order valence-corrected chi connectivity index (χ3v) is 6.55. The van der Waals surface area contributed by atoms with Crippen LogP contribution in [0.3, 0.4) is 0 Å². The zero-order chi connectivity index (χ0) is 14.8. The van der Waals surface area contributed by atoms with Gasteiger partial charge in [0.15, 0.2) is 0 Å². The van der Waals surface area contributed by atoms with Crippen LogP contribution in [-0.4, -0.2) is 27.2 Å². The molecule has 21 heavy (non-hydrogen) atoms. The molecule has 1 saturated heterocycles. The molecule has 3 rings (SSSR count). The average Bonchev–Trinajstić information content (AvgIpc) is 2.47. The molecule has 110 valence electrons. The van der Waals surface area contributed by atoms with Gasteiger partial charge >= 0.3 is 0 Å². The predicted octanol–water partition coefficient (Wildman–Crippen LogP) is 5.28. The van der Waals surface area contributed by atoms with Crippen LogP contribution in [0.1, 0.15) is 16.6 Å². The molecule has 0 spiro atoms. The lowest BCUT2D eigenvalue weighted by Gasteiger charge is -2.20. The van der Waals surface area contributed by atoms with Crippen molar-refractivity contribution in [3.8, 4) is 11.1 Å². The Kier molecular flexibility index (Phi) is 4.99. The Morgan fingerprint density at radius 2 is 1.90 bits per heavy atom. The van der Waals surface area contributed by atoms with Crippen molar-refractivity contribution in [1.29, 1.82) is 0 Å². The Balaban J connectivity index is 2.00. The summed E-state index contributed by atoms with van der Waals surface area (Å²) in [6.45, 7) is 2.04. The van der Waals surface area contributed by atoms with Crippen molar-refractivity contribution in [2.45, 2.75) is 12.2 Å². The van der Waals surface area contributed by atoms with Gasteiger partial charge < -0.3 is 0 Å². The number of halogens is 2. The van der Waals surface area contributed by atoms with Gasteiger partial charge in [-0.25, -0.2) is 9.97 Å². The fraction of sp³-hybridized carbons (Fsp3) is 0.333. The number of thioether (sulfide) groups is 2. The van der Waals surface area contributed by atoms with E-state index in [0.29, 0.717) is 10.3 Å². The quantitative estimate of drug-likeness (QED) is 0.683. The lowest BCUT2D eigenvalue weighted by atomic mass is 10.1. The molecule has 2 heterocycles. The van der Waals surface area contributed by atoms with Gasteiger partial charge in [-0.2, -0.15) is 11.8 Å². The van der Waals surface area contributed by atoms with Gasteiger partial charge in [-0.05, 0) is 12.5 Å². The van der Waals surface area contributed by atoms with Gasteiger partial charge in [-0.15, -0.1) is 11.8 Å². The third-order valence-electron chi connectivity index (χ3n) is 3.25. The molecule has 1 aliphatic rings. The second kappa shape index (κ2) is 6.78. The first-order valence-electron chi connectivity index (χ1n) is 6.64. The third kappa shape index (κ3) is 3.50. The lowest BCUT2D eigenvalue weighted by Crippen LogP contribution is -2.11. The Morgan fingerprint density at radius 1 is 1.14 bits per heavy atom. The van der Waals surface area contributed by atoms with Crippen molar-refractivity contribution in [3.05, 3.63) is 46.0 Å². The molecule has 1 atom stereocenters. The highest BCUT2D eigenvalue weighted by atomic mass is 35.5. The van der Waals surface area contributed by atoms with E-state index in [1.54, 1.807) is 0 Å². The highest BCUT2D eigenvalue weighted by molar-refractivity contribution is 8.06.